The Hall–Kier alpha value is -1.13. The van der Waals surface area contributed by atoms with Crippen molar-refractivity contribution in [2.45, 2.75) is 283 Å². The lowest BCUT2D eigenvalue weighted by Gasteiger charge is -2.20. The molecule has 0 aliphatic carbocycles. The zero-order valence-corrected chi connectivity index (χ0v) is 36.8. The van der Waals surface area contributed by atoms with Crippen LogP contribution in [0.25, 0.3) is 0 Å². The van der Waals surface area contributed by atoms with Gasteiger partial charge >= 0.3 is 0 Å². The molecule has 0 saturated carbocycles. The zero-order chi connectivity index (χ0) is 39.3. The molecule has 4 nitrogen and oxygen atoms in total. The standard InChI is InChI=1S/C50H97NO3/c1-3-5-7-9-11-13-15-17-19-21-22-23-24-25-26-27-28-30-32-34-36-38-40-42-44-46-50(54)51-48(47-52)49(53)45-43-41-39-37-35-33-31-29-20-18-16-14-12-10-8-6-4-2/h21-22,43,45,48-49,52-53H,3-20,23-42,44,46-47H2,1-2H3,(H,51,54)/b22-21-,45-43+. The van der Waals surface area contributed by atoms with Crippen molar-refractivity contribution < 1.29 is 15.0 Å². The summed E-state index contributed by atoms with van der Waals surface area (Å²) >= 11 is 0. The van der Waals surface area contributed by atoms with E-state index in [0.717, 1.165) is 25.7 Å². The second-order valence-corrected chi connectivity index (χ2v) is 16.9. The van der Waals surface area contributed by atoms with Crippen molar-refractivity contribution in [2.24, 2.45) is 0 Å². The SMILES string of the molecule is CCCCCCCCCC/C=C\CCCCCCCCCCCCCCCC(=O)NC(CO)C(O)/C=C/CCCCCCCCCCCCCCCCC. The number of unbranched alkanes of at least 4 members (excludes halogenated alkanes) is 36. The number of carbonyl (C=O) groups excluding carboxylic acids is 1. The number of aliphatic hydroxyl groups excluding tert-OH is 2. The largest absolute Gasteiger partial charge is 0.394 e. The summed E-state index contributed by atoms with van der Waals surface area (Å²) in [6, 6.07) is -0.619. The van der Waals surface area contributed by atoms with Gasteiger partial charge in [0.2, 0.25) is 5.91 Å². The maximum atomic E-state index is 12.4. The summed E-state index contributed by atoms with van der Waals surface area (Å²) in [5.41, 5.74) is 0. The molecular formula is C50H97NO3. The van der Waals surface area contributed by atoms with Gasteiger partial charge in [-0.1, -0.05) is 244 Å². The first-order valence-electron chi connectivity index (χ1n) is 24.6. The summed E-state index contributed by atoms with van der Waals surface area (Å²) in [5.74, 6) is -0.0607. The van der Waals surface area contributed by atoms with Crippen LogP contribution in [0.1, 0.15) is 271 Å². The molecule has 0 bridgehead atoms. The van der Waals surface area contributed by atoms with Crippen molar-refractivity contribution in [1.82, 2.24) is 5.32 Å². The monoisotopic (exact) mass is 760 g/mol. The topological polar surface area (TPSA) is 69.6 Å². The fraction of sp³-hybridized carbons (Fsp3) is 0.900. The molecule has 1 amide bonds. The summed E-state index contributed by atoms with van der Waals surface area (Å²) in [6.07, 6.45) is 60.2. The van der Waals surface area contributed by atoms with E-state index in [1.54, 1.807) is 6.08 Å². The van der Waals surface area contributed by atoms with Crippen molar-refractivity contribution in [3.05, 3.63) is 24.3 Å². The molecule has 0 saturated heterocycles. The van der Waals surface area contributed by atoms with Gasteiger partial charge in [-0.05, 0) is 44.9 Å². The first-order chi connectivity index (χ1) is 26.7. The fourth-order valence-electron chi connectivity index (χ4n) is 7.65. The predicted octanol–water partition coefficient (Wildman–Crippen LogP) is 15.6. The zero-order valence-electron chi connectivity index (χ0n) is 36.8. The smallest absolute Gasteiger partial charge is 0.220 e. The summed E-state index contributed by atoms with van der Waals surface area (Å²) in [7, 11) is 0. The number of carbonyl (C=O) groups is 1. The van der Waals surface area contributed by atoms with Crippen LogP contribution >= 0.6 is 0 Å². The molecule has 54 heavy (non-hydrogen) atoms. The molecule has 2 atom stereocenters. The molecule has 0 spiro atoms. The highest BCUT2D eigenvalue weighted by Gasteiger charge is 2.18. The Labute approximate surface area is 339 Å². The van der Waals surface area contributed by atoms with Gasteiger partial charge in [-0.2, -0.15) is 0 Å². The average Bonchev–Trinajstić information content (AvgIpc) is 3.18. The van der Waals surface area contributed by atoms with E-state index in [0.29, 0.717) is 6.42 Å². The highest BCUT2D eigenvalue weighted by Crippen LogP contribution is 2.16. The number of hydrogen-bond donors (Lipinski definition) is 3. The lowest BCUT2D eigenvalue weighted by atomic mass is 10.0. The van der Waals surface area contributed by atoms with E-state index in [4.69, 9.17) is 0 Å². The number of nitrogens with one attached hydrogen (secondary N) is 1. The summed E-state index contributed by atoms with van der Waals surface area (Å²) in [6.45, 7) is 4.33. The highest BCUT2D eigenvalue weighted by molar-refractivity contribution is 5.76. The molecular weight excluding hydrogens is 663 g/mol. The molecule has 0 fully saturated rings. The maximum absolute atomic E-state index is 12.4. The van der Waals surface area contributed by atoms with E-state index in [2.05, 4.69) is 31.3 Å². The van der Waals surface area contributed by atoms with Crippen LogP contribution in [0.5, 0.6) is 0 Å². The van der Waals surface area contributed by atoms with E-state index >= 15 is 0 Å². The Kier molecular flexibility index (Phi) is 45.3. The Bertz CT molecular complexity index is 780. The van der Waals surface area contributed by atoms with Crippen molar-refractivity contribution in [1.29, 1.82) is 0 Å². The second kappa shape index (κ2) is 46.3. The Morgan fingerprint density at radius 2 is 0.704 bits per heavy atom. The van der Waals surface area contributed by atoms with E-state index in [9.17, 15) is 15.0 Å². The Morgan fingerprint density at radius 1 is 0.426 bits per heavy atom. The van der Waals surface area contributed by atoms with Crippen LogP contribution < -0.4 is 5.32 Å². The molecule has 3 N–H and O–H groups in total. The minimum absolute atomic E-state index is 0.0607. The van der Waals surface area contributed by atoms with Gasteiger partial charge < -0.3 is 15.5 Å². The normalized spacial score (nSPS) is 13.0. The average molecular weight is 760 g/mol. The molecule has 0 radical (unpaired) electrons. The van der Waals surface area contributed by atoms with E-state index < -0.39 is 12.1 Å². The van der Waals surface area contributed by atoms with Gasteiger partial charge in [-0.3, -0.25) is 4.79 Å². The second-order valence-electron chi connectivity index (χ2n) is 16.9. The van der Waals surface area contributed by atoms with Crippen LogP contribution in [0.2, 0.25) is 0 Å². The molecule has 0 aliphatic heterocycles. The molecule has 0 heterocycles. The van der Waals surface area contributed by atoms with Gasteiger partial charge in [0.05, 0.1) is 18.8 Å². The quantitative estimate of drug-likeness (QED) is 0.0428. The fourth-order valence-corrected chi connectivity index (χ4v) is 7.65. The lowest BCUT2D eigenvalue weighted by molar-refractivity contribution is -0.123. The maximum Gasteiger partial charge on any atom is 0.220 e. The number of amides is 1. The number of rotatable bonds is 45. The van der Waals surface area contributed by atoms with Crippen molar-refractivity contribution in [2.75, 3.05) is 6.61 Å². The van der Waals surface area contributed by atoms with Gasteiger partial charge in [0.25, 0.3) is 0 Å². The van der Waals surface area contributed by atoms with Crippen LogP contribution in [0.3, 0.4) is 0 Å². The highest BCUT2D eigenvalue weighted by atomic mass is 16.3. The van der Waals surface area contributed by atoms with E-state index in [-0.39, 0.29) is 12.5 Å². The minimum atomic E-state index is -0.836. The van der Waals surface area contributed by atoms with Gasteiger partial charge in [0.15, 0.2) is 0 Å². The molecule has 0 aromatic carbocycles. The van der Waals surface area contributed by atoms with Gasteiger partial charge in [-0.25, -0.2) is 0 Å². The van der Waals surface area contributed by atoms with Gasteiger partial charge in [-0.15, -0.1) is 0 Å². The number of hydrogen-bond acceptors (Lipinski definition) is 3. The first-order valence-corrected chi connectivity index (χ1v) is 24.6. The van der Waals surface area contributed by atoms with Crippen molar-refractivity contribution in [3.8, 4) is 0 Å². The van der Waals surface area contributed by atoms with Gasteiger partial charge in [0, 0.05) is 6.42 Å². The van der Waals surface area contributed by atoms with E-state index in [1.165, 1.54) is 225 Å². The Morgan fingerprint density at radius 3 is 1.02 bits per heavy atom. The summed E-state index contributed by atoms with van der Waals surface area (Å²) < 4.78 is 0. The third-order valence-corrected chi connectivity index (χ3v) is 11.4. The van der Waals surface area contributed by atoms with Crippen LogP contribution in [-0.4, -0.2) is 34.9 Å². The van der Waals surface area contributed by atoms with E-state index in [1.807, 2.05) is 6.08 Å². The Balaban J connectivity index is 3.50. The van der Waals surface area contributed by atoms with Crippen molar-refractivity contribution in [3.63, 3.8) is 0 Å². The summed E-state index contributed by atoms with van der Waals surface area (Å²) in [5, 5.41) is 23.1. The van der Waals surface area contributed by atoms with Crippen LogP contribution in [-0.2, 0) is 4.79 Å². The molecule has 0 aliphatic rings. The number of allylic oxidation sites excluding steroid dienone is 3. The first kappa shape index (κ1) is 52.9. The molecule has 2 unspecified atom stereocenters. The third kappa shape index (κ3) is 42.0. The lowest BCUT2D eigenvalue weighted by Crippen LogP contribution is -2.45. The molecule has 4 heteroatoms. The predicted molar refractivity (Wildman–Crippen MR) is 239 cm³/mol. The van der Waals surface area contributed by atoms with Crippen LogP contribution in [0, 0.1) is 0 Å². The summed E-state index contributed by atoms with van der Waals surface area (Å²) in [4.78, 5) is 12.4. The number of aliphatic hydroxyl groups is 2. The van der Waals surface area contributed by atoms with Crippen LogP contribution in [0.15, 0.2) is 24.3 Å². The minimum Gasteiger partial charge on any atom is -0.394 e. The van der Waals surface area contributed by atoms with Crippen molar-refractivity contribution >= 4 is 5.91 Å². The molecule has 320 valence electrons. The third-order valence-electron chi connectivity index (χ3n) is 11.4. The van der Waals surface area contributed by atoms with Gasteiger partial charge in [0.1, 0.15) is 0 Å². The molecule has 0 aromatic heterocycles. The molecule has 0 aromatic rings. The van der Waals surface area contributed by atoms with Crippen LogP contribution in [0.4, 0.5) is 0 Å². The molecule has 0 rings (SSSR count).